The van der Waals surface area contributed by atoms with E-state index in [1.807, 2.05) is 5.32 Å². The van der Waals surface area contributed by atoms with Gasteiger partial charge in [-0.25, -0.2) is 0 Å². The first-order valence-corrected chi connectivity index (χ1v) is 13.8. The first kappa shape index (κ1) is 36.3. The minimum absolute atomic E-state index is 0.0387. The maximum atomic E-state index is 15.0. The van der Waals surface area contributed by atoms with Crippen molar-refractivity contribution in [3.63, 3.8) is 0 Å². The number of benzene rings is 1. The lowest BCUT2D eigenvalue weighted by molar-refractivity contribution is -0.202. The summed E-state index contributed by atoms with van der Waals surface area (Å²) in [5.41, 5.74) is 6.83. The van der Waals surface area contributed by atoms with E-state index in [1.165, 1.54) is 44.2 Å². The maximum absolute atomic E-state index is 15.0. The van der Waals surface area contributed by atoms with Crippen molar-refractivity contribution in [1.82, 2.24) is 26.6 Å². The standard InChI is InChI=1S/C27H37F3N8O7/c1-14(2)20-23(44)36-16(9-6-10-33-25(31)32)21(42)34-13-18(39)35-17(11-19(40)41)22(43)38-26(24(45)37-20,27(28,29)30)12-15-7-4-3-5-8-15/h3-5,7-8,14,16-17,20H,6,9-13H2,1-2H3,(H,34,42)(H,35,39)(H,36,44)(H,37,45)(H,38,43)(H,40,41)(H4,31,32,33)/t16-,17-,20-,26+/m0/s1. The van der Waals surface area contributed by atoms with E-state index in [2.05, 4.69) is 20.9 Å². The zero-order chi connectivity index (χ0) is 33.9. The first-order chi connectivity index (χ1) is 21.0. The maximum Gasteiger partial charge on any atom is 0.420 e. The van der Waals surface area contributed by atoms with Crippen molar-refractivity contribution in [2.75, 3.05) is 13.1 Å². The number of nitrogens with two attached hydrogens (primary N) is 2. The van der Waals surface area contributed by atoms with Crippen molar-refractivity contribution >= 4 is 41.5 Å². The van der Waals surface area contributed by atoms with Crippen LogP contribution >= 0.6 is 0 Å². The molecule has 248 valence electrons. The van der Waals surface area contributed by atoms with E-state index in [-0.39, 0.29) is 30.9 Å². The van der Waals surface area contributed by atoms with Gasteiger partial charge in [-0.15, -0.1) is 0 Å². The van der Waals surface area contributed by atoms with Crippen molar-refractivity contribution in [2.24, 2.45) is 22.4 Å². The Bertz CT molecular complexity index is 1290. The molecule has 1 aliphatic rings. The fourth-order valence-corrected chi connectivity index (χ4v) is 4.43. The minimum atomic E-state index is -5.50. The Morgan fingerprint density at radius 3 is 2.20 bits per heavy atom. The van der Waals surface area contributed by atoms with Crippen molar-refractivity contribution in [3.05, 3.63) is 35.9 Å². The molecular formula is C27H37F3N8O7. The number of amides is 5. The van der Waals surface area contributed by atoms with Gasteiger partial charge < -0.3 is 43.2 Å². The van der Waals surface area contributed by atoms with Gasteiger partial charge in [-0.1, -0.05) is 44.2 Å². The van der Waals surface area contributed by atoms with E-state index < -0.39 is 90.7 Å². The largest absolute Gasteiger partial charge is 0.481 e. The highest BCUT2D eigenvalue weighted by Crippen LogP contribution is 2.34. The summed E-state index contributed by atoms with van der Waals surface area (Å²) in [4.78, 5) is 81.2. The van der Waals surface area contributed by atoms with E-state index >= 15 is 13.2 Å². The molecule has 10 N–H and O–H groups in total. The Morgan fingerprint density at radius 1 is 1.00 bits per heavy atom. The van der Waals surface area contributed by atoms with Gasteiger partial charge in [-0.3, -0.25) is 33.8 Å². The van der Waals surface area contributed by atoms with Gasteiger partial charge >= 0.3 is 12.1 Å². The molecule has 2 rings (SSSR count). The average molecular weight is 643 g/mol. The highest BCUT2D eigenvalue weighted by atomic mass is 19.4. The summed E-state index contributed by atoms with van der Waals surface area (Å²) in [5.74, 6) is -9.22. The highest BCUT2D eigenvalue weighted by molar-refractivity contribution is 6.00. The number of rotatable bonds is 9. The summed E-state index contributed by atoms with van der Waals surface area (Å²) in [6.07, 6.45) is -7.75. The molecule has 15 nitrogen and oxygen atoms in total. The summed E-state index contributed by atoms with van der Waals surface area (Å²) in [6.45, 7) is 2.08. The smallest absolute Gasteiger partial charge is 0.420 e. The van der Waals surface area contributed by atoms with Crippen LogP contribution in [0.2, 0.25) is 0 Å². The molecule has 0 spiro atoms. The Balaban J connectivity index is 2.66. The zero-order valence-corrected chi connectivity index (χ0v) is 24.6. The third kappa shape index (κ3) is 10.4. The Hall–Kier alpha value is -4.90. The number of hydrogen-bond donors (Lipinski definition) is 8. The molecule has 1 saturated heterocycles. The average Bonchev–Trinajstić information content (AvgIpc) is 2.94. The predicted octanol–water partition coefficient (Wildman–Crippen LogP) is -1.59. The quantitative estimate of drug-likeness (QED) is 0.0878. The Labute approximate surface area is 256 Å². The molecule has 45 heavy (non-hydrogen) atoms. The molecule has 4 atom stereocenters. The van der Waals surface area contributed by atoms with Crippen LogP contribution in [-0.2, 0) is 35.2 Å². The number of hydrogen-bond acceptors (Lipinski definition) is 7. The number of carbonyl (C=O) groups excluding carboxylic acids is 5. The van der Waals surface area contributed by atoms with Crippen molar-refractivity contribution < 1.29 is 47.0 Å². The number of guanidine groups is 1. The second-order valence-electron chi connectivity index (χ2n) is 10.7. The SMILES string of the molecule is CC(C)[C@@H]1NC(=O)[C@](Cc2ccccc2)(C(F)(F)F)NC(=O)[C@H](CC(=O)O)NC(=O)CNC(=O)[C@H](CCCN=C(N)N)NC1=O. The summed E-state index contributed by atoms with van der Waals surface area (Å²) in [5, 5.41) is 19.7. The van der Waals surface area contributed by atoms with E-state index in [4.69, 9.17) is 11.5 Å². The third-order valence-electron chi connectivity index (χ3n) is 6.79. The number of halogens is 3. The molecule has 5 amide bonds. The lowest BCUT2D eigenvalue weighted by Crippen LogP contribution is -2.72. The molecule has 0 aromatic heterocycles. The lowest BCUT2D eigenvalue weighted by atomic mass is 9.87. The van der Waals surface area contributed by atoms with E-state index in [0.29, 0.717) is 0 Å². The van der Waals surface area contributed by atoms with Crippen LogP contribution in [0.3, 0.4) is 0 Å². The van der Waals surface area contributed by atoms with Crippen LogP contribution in [0.1, 0.15) is 38.7 Å². The molecule has 1 aliphatic heterocycles. The minimum Gasteiger partial charge on any atom is -0.481 e. The summed E-state index contributed by atoms with van der Waals surface area (Å²) in [7, 11) is 0. The molecule has 0 saturated carbocycles. The molecule has 0 radical (unpaired) electrons. The van der Waals surface area contributed by atoms with Crippen LogP contribution in [0.5, 0.6) is 0 Å². The van der Waals surface area contributed by atoms with Crippen molar-refractivity contribution in [3.8, 4) is 0 Å². The summed E-state index contributed by atoms with van der Waals surface area (Å²) in [6, 6.07) is 1.79. The molecular weight excluding hydrogens is 605 g/mol. The molecule has 1 aromatic rings. The number of aliphatic imine (C=N–C) groups is 1. The van der Waals surface area contributed by atoms with E-state index in [0.717, 1.165) is 0 Å². The van der Waals surface area contributed by atoms with Crippen molar-refractivity contribution in [1.29, 1.82) is 0 Å². The molecule has 18 heteroatoms. The van der Waals surface area contributed by atoms with Crippen LogP contribution in [0, 0.1) is 5.92 Å². The Kier molecular flexibility index (Phi) is 12.7. The second kappa shape index (κ2) is 15.7. The van der Waals surface area contributed by atoms with Gasteiger partial charge in [0.25, 0.3) is 5.91 Å². The van der Waals surface area contributed by atoms with Crippen LogP contribution in [-0.4, -0.2) is 89.5 Å². The molecule has 1 heterocycles. The van der Waals surface area contributed by atoms with E-state index in [9.17, 15) is 33.9 Å². The fraction of sp³-hybridized carbons (Fsp3) is 0.519. The summed E-state index contributed by atoms with van der Waals surface area (Å²) < 4.78 is 45.1. The van der Waals surface area contributed by atoms with E-state index in [1.54, 1.807) is 5.32 Å². The third-order valence-corrected chi connectivity index (χ3v) is 6.79. The second-order valence-corrected chi connectivity index (χ2v) is 10.7. The summed E-state index contributed by atoms with van der Waals surface area (Å²) >= 11 is 0. The normalized spacial score (nSPS) is 23.8. The van der Waals surface area contributed by atoms with Gasteiger partial charge in [0.2, 0.25) is 29.2 Å². The number of nitrogens with one attached hydrogen (secondary N) is 5. The number of alkyl halides is 3. The number of aliphatic carboxylic acids is 1. The van der Waals surface area contributed by atoms with Gasteiger partial charge in [0.1, 0.15) is 18.1 Å². The molecule has 0 bridgehead atoms. The number of carboxylic acid groups (broad SMARTS) is 1. The van der Waals surface area contributed by atoms with Gasteiger partial charge in [-0.2, -0.15) is 13.2 Å². The number of nitrogens with zero attached hydrogens (tertiary/aromatic N) is 1. The van der Waals surface area contributed by atoms with Crippen LogP contribution < -0.4 is 38.1 Å². The van der Waals surface area contributed by atoms with Crippen molar-refractivity contribution in [2.45, 2.75) is 69.4 Å². The fourth-order valence-electron chi connectivity index (χ4n) is 4.43. The molecule has 0 unspecified atom stereocenters. The zero-order valence-electron chi connectivity index (χ0n) is 24.6. The highest BCUT2D eigenvalue weighted by Gasteiger charge is 2.62. The Morgan fingerprint density at radius 2 is 1.64 bits per heavy atom. The monoisotopic (exact) mass is 642 g/mol. The molecule has 1 aromatic carbocycles. The number of carboxylic acids is 1. The number of carbonyl (C=O) groups is 6. The van der Waals surface area contributed by atoms with Gasteiger partial charge in [-0.05, 0) is 24.3 Å². The van der Waals surface area contributed by atoms with Crippen LogP contribution in [0.15, 0.2) is 35.3 Å². The van der Waals surface area contributed by atoms with Gasteiger partial charge in [0, 0.05) is 13.0 Å². The van der Waals surface area contributed by atoms with Gasteiger partial charge in [0.15, 0.2) is 5.96 Å². The topological polar surface area (TPSA) is 247 Å². The molecule has 1 fully saturated rings. The van der Waals surface area contributed by atoms with Gasteiger partial charge in [0.05, 0.1) is 13.0 Å². The molecule has 0 aliphatic carbocycles. The first-order valence-electron chi connectivity index (χ1n) is 13.8. The lowest BCUT2D eigenvalue weighted by Gasteiger charge is -2.37. The van der Waals surface area contributed by atoms with Crippen LogP contribution in [0.25, 0.3) is 0 Å². The van der Waals surface area contributed by atoms with Crippen LogP contribution in [0.4, 0.5) is 13.2 Å². The predicted molar refractivity (Wildman–Crippen MR) is 153 cm³/mol.